The number of nitrogens with zero attached hydrogens (tertiary/aromatic N) is 1. The van der Waals surface area contributed by atoms with Crippen LogP contribution in [0.4, 0.5) is 10.8 Å². The predicted octanol–water partition coefficient (Wildman–Crippen LogP) is 1.70. The lowest BCUT2D eigenvalue weighted by Gasteiger charge is -2.05. The van der Waals surface area contributed by atoms with Gasteiger partial charge in [-0.25, -0.2) is 0 Å². The van der Waals surface area contributed by atoms with Gasteiger partial charge < -0.3 is 15.8 Å². The first-order chi connectivity index (χ1) is 6.31. The second-order valence-corrected chi connectivity index (χ2v) is 3.85. The van der Waals surface area contributed by atoms with Gasteiger partial charge in [0.1, 0.15) is 0 Å². The highest BCUT2D eigenvalue weighted by molar-refractivity contribution is 7.11. The van der Waals surface area contributed by atoms with Crippen LogP contribution in [0.2, 0.25) is 0 Å². The molecule has 0 saturated heterocycles. The Hall–Kier alpha value is -0.970. The third-order valence-corrected chi connectivity index (χ3v) is 2.65. The molecule has 72 valence electrons. The highest BCUT2D eigenvalue weighted by atomic mass is 32.1. The van der Waals surface area contributed by atoms with Crippen molar-refractivity contribution < 1.29 is 4.74 Å². The molecule has 0 aromatic carbocycles. The van der Waals surface area contributed by atoms with Gasteiger partial charge in [-0.3, -0.25) is 0 Å². The summed E-state index contributed by atoms with van der Waals surface area (Å²) in [4.78, 5) is 0. The van der Waals surface area contributed by atoms with Gasteiger partial charge in [0, 0.05) is 6.04 Å². The molecule has 0 unspecified atom stereocenters. The van der Waals surface area contributed by atoms with Crippen LogP contribution in [0.1, 0.15) is 19.8 Å². The van der Waals surface area contributed by atoms with Crippen molar-refractivity contribution in [3.05, 3.63) is 0 Å². The number of rotatable bonds is 4. The molecule has 0 atom stereocenters. The molecule has 2 rings (SSSR count). The molecular formula is C8H13N3OS. The molecule has 1 aliphatic carbocycles. The van der Waals surface area contributed by atoms with E-state index in [4.69, 9.17) is 10.5 Å². The van der Waals surface area contributed by atoms with E-state index in [-0.39, 0.29) is 0 Å². The summed E-state index contributed by atoms with van der Waals surface area (Å²) in [6.45, 7) is 2.57. The van der Waals surface area contributed by atoms with E-state index < -0.39 is 0 Å². The molecule has 0 bridgehead atoms. The molecule has 1 aromatic rings. The Morgan fingerprint density at radius 2 is 2.46 bits per heavy atom. The first-order valence-corrected chi connectivity index (χ1v) is 5.23. The lowest BCUT2D eigenvalue weighted by atomic mass is 10.5. The monoisotopic (exact) mass is 199 g/mol. The lowest BCUT2D eigenvalue weighted by molar-refractivity contribution is 0.344. The zero-order chi connectivity index (χ0) is 9.26. The Morgan fingerprint density at radius 1 is 1.69 bits per heavy atom. The topological polar surface area (TPSA) is 60.2 Å². The molecule has 1 aromatic heterocycles. The average Bonchev–Trinajstić information content (AvgIpc) is 2.86. The number of aromatic nitrogens is 1. The van der Waals surface area contributed by atoms with Crippen LogP contribution in [0.25, 0.3) is 0 Å². The first-order valence-electron chi connectivity index (χ1n) is 4.45. The summed E-state index contributed by atoms with van der Waals surface area (Å²) in [5.41, 5.74) is 5.66. The van der Waals surface area contributed by atoms with Gasteiger partial charge in [0.2, 0.25) is 0 Å². The van der Waals surface area contributed by atoms with E-state index in [1.807, 2.05) is 6.92 Å². The van der Waals surface area contributed by atoms with Gasteiger partial charge in [-0.05, 0) is 31.3 Å². The summed E-state index contributed by atoms with van der Waals surface area (Å²) < 4.78 is 9.44. The molecule has 13 heavy (non-hydrogen) atoms. The van der Waals surface area contributed by atoms with Crippen molar-refractivity contribution in [1.29, 1.82) is 0 Å². The predicted molar refractivity (Wildman–Crippen MR) is 54.3 cm³/mol. The van der Waals surface area contributed by atoms with Crippen molar-refractivity contribution in [3.8, 4) is 5.75 Å². The van der Waals surface area contributed by atoms with E-state index in [9.17, 15) is 0 Å². The fraction of sp³-hybridized carbons (Fsp3) is 0.625. The number of nitrogens with two attached hydrogens (primary N) is 1. The van der Waals surface area contributed by atoms with E-state index in [1.54, 1.807) is 0 Å². The Morgan fingerprint density at radius 3 is 3.08 bits per heavy atom. The number of nitrogen functional groups attached to an aromatic ring is 1. The second-order valence-electron chi connectivity index (χ2n) is 3.08. The second kappa shape index (κ2) is 3.41. The zero-order valence-electron chi connectivity index (χ0n) is 7.54. The molecule has 5 heteroatoms. The summed E-state index contributed by atoms with van der Waals surface area (Å²) in [5, 5.41) is 4.32. The van der Waals surface area contributed by atoms with Crippen LogP contribution in [0.3, 0.4) is 0 Å². The Kier molecular flexibility index (Phi) is 2.26. The minimum atomic E-state index is 0.495. The number of hydrogen-bond acceptors (Lipinski definition) is 5. The molecule has 1 aliphatic rings. The SMILES string of the molecule is CCOc1c(N)nsc1NC1CC1. The quantitative estimate of drug-likeness (QED) is 0.774. The summed E-state index contributed by atoms with van der Waals surface area (Å²) in [6.07, 6.45) is 2.48. The van der Waals surface area contributed by atoms with E-state index in [0.717, 1.165) is 10.8 Å². The maximum atomic E-state index is 5.66. The van der Waals surface area contributed by atoms with Gasteiger partial charge in [-0.2, -0.15) is 4.37 Å². The molecule has 4 nitrogen and oxygen atoms in total. The normalized spacial score (nSPS) is 15.8. The van der Waals surface area contributed by atoms with Crippen LogP contribution in [0, 0.1) is 0 Å². The fourth-order valence-electron chi connectivity index (χ4n) is 1.08. The molecule has 0 radical (unpaired) electrons. The van der Waals surface area contributed by atoms with Gasteiger partial charge in [0.25, 0.3) is 0 Å². The van der Waals surface area contributed by atoms with Crippen LogP contribution in [-0.4, -0.2) is 17.0 Å². The minimum absolute atomic E-state index is 0.495. The zero-order valence-corrected chi connectivity index (χ0v) is 8.36. The molecule has 0 aliphatic heterocycles. The maximum absolute atomic E-state index is 5.66. The molecule has 1 heterocycles. The standard InChI is InChI=1S/C8H13N3OS/c1-2-12-6-7(9)11-13-8(6)10-5-3-4-5/h5,10H,2-4H2,1H3,(H2,9,11). The Labute approximate surface area is 81.3 Å². The van der Waals surface area contributed by atoms with Crippen molar-refractivity contribution in [2.75, 3.05) is 17.7 Å². The number of ether oxygens (including phenoxy) is 1. The van der Waals surface area contributed by atoms with E-state index in [0.29, 0.717) is 18.5 Å². The number of nitrogens with one attached hydrogen (secondary N) is 1. The van der Waals surface area contributed by atoms with Crippen molar-refractivity contribution in [2.24, 2.45) is 0 Å². The van der Waals surface area contributed by atoms with Gasteiger partial charge >= 0.3 is 0 Å². The van der Waals surface area contributed by atoms with Gasteiger partial charge in [-0.15, -0.1) is 0 Å². The van der Waals surface area contributed by atoms with Crippen LogP contribution in [0.5, 0.6) is 5.75 Å². The van der Waals surface area contributed by atoms with Crippen LogP contribution in [0.15, 0.2) is 0 Å². The van der Waals surface area contributed by atoms with Gasteiger partial charge in [0.15, 0.2) is 16.6 Å². The van der Waals surface area contributed by atoms with Crippen molar-refractivity contribution in [2.45, 2.75) is 25.8 Å². The maximum Gasteiger partial charge on any atom is 0.197 e. The molecule has 1 fully saturated rings. The summed E-state index contributed by atoms with van der Waals surface area (Å²) in [7, 11) is 0. The smallest absolute Gasteiger partial charge is 0.197 e. The highest BCUT2D eigenvalue weighted by Crippen LogP contribution is 2.38. The van der Waals surface area contributed by atoms with Crippen molar-refractivity contribution >= 4 is 22.4 Å². The molecular weight excluding hydrogens is 186 g/mol. The van der Waals surface area contributed by atoms with E-state index in [1.165, 1.54) is 24.4 Å². The fourth-order valence-corrected chi connectivity index (χ4v) is 1.82. The third kappa shape index (κ3) is 1.85. The molecule has 0 amide bonds. The molecule has 3 N–H and O–H groups in total. The van der Waals surface area contributed by atoms with Crippen molar-refractivity contribution in [3.63, 3.8) is 0 Å². The van der Waals surface area contributed by atoms with Crippen LogP contribution >= 0.6 is 11.5 Å². The average molecular weight is 199 g/mol. The highest BCUT2D eigenvalue weighted by Gasteiger charge is 2.24. The van der Waals surface area contributed by atoms with E-state index in [2.05, 4.69) is 9.69 Å². The van der Waals surface area contributed by atoms with Crippen LogP contribution in [-0.2, 0) is 0 Å². The van der Waals surface area contributed by atoms with Gasteiger partial charge in [0.05, 0.1) is 6.61 Å². The summed E-state index contributed by atoms with van der Waals surface area (Å²) in [6, 6.07) is 0.610. The Balaban J connectivity index is 2.12. The molecule has 0 spiro atoms. The third-order valence-electron chi connectivity index (χ3n) is 1.88. The largest absolute Gasteiger partial charge is 0.487 e. The lowest BCUT2D eigenvalue weighted by Crippen LogP contribution is -2.02. The van der Waals surface area contributed by atoms with Crippen molar-refractivity contribution in [1.82, 2.24) is 4.37 Å². The number of anilines is 2. The molecule has 1 saturated carbocycles. The Bertz CT molecular complexity index is 296. The number of hydrogen-bond donors (Lipinski definition) is 2. The summed E-state index contributed by atoms with van der Waals surface area (Å²) in [5.74, 6) is 1.22. The minimum Gasteiger partial charge on any atom is -0.487 e. The first kappa shape index (κ1) is 8.62. The summed E-state index contributed by atoms with van der Waals surface area (Å²) >= 11 is 1.37. The van der Waals surface area contributed by atoms with Crippen LogP contribution < -0.4 is 15.8 Å². The van der Waals surface area contributed by atoms with E-state index >= 15 is 0 Å². The van der Waals surface area contributed by atoms with Gasteiger partial charge in [-0.1, -0.05) is 0 Å².